The molecule has 1 amide bonds. The highest BCUT2D eigenvalue weighted by molar-refractivity contribution is 6.32. The van der Waals surface area contributed by atoms with Gasteiger partial charge in [-0.2, -0.15) is 0 Å². The van der Waals surface area contributed by atoms with E-state index in [9.17, 15) is 14.3 Å². The maximum absolute atomic E-state index is 14.4. The summed E-state index contributed by atoms with van der Waals surface area (Å²) < 4.78 is 16.1. The summed E-state index contributed by atoms with van der Waals surface area (Å²) in [5, 5.41) is 12.6. The van der Waals surface area contributed by atoms with Crippen molar-refractivity contribution in [1.82, 2.24) is 29.3 Å². The van der Waals surface area contributed by atoms with E-state index in [4.69, 9.17) is 17.3 Å². The average Bonchev–Trinajstić information content (AvgIpc) is 3.45. The fourth-order valence-corrected chi connectivity index (χ4v) is 4.66. The van der Waals surface area contributed by atoms with Gasteiger partial charge in [0.15, 0.2) is 17.2 Å². The van der Waals surface area contributed by atoms with E-state index in [1.807, 2.05) is 0 Å². The number of hydrogen-bond donors (Lipinski definition) is 3. The number of fused-ring (bicyclic) bond motifs is 2. The van der Waals surface area contributed by atoms with Crippen LogP contribution < -0.4 is 11.1 Å². The van der Waals surface area contributed by atoms with Crippen LogP contribution in [0.15, 0.2) is 55.1 Å². The Balaban J connectivity index is 1.47. The van der Waals surface area contributed by atoms with E-state index in [0.29, 0.717) is 28.2 Å². The standard InChI is InChI=1S/C25H18ClFN8O2/c1-25(18-9-13(26)17(36)10-30-18)19-20(28)32-21(33-22(19)34-24(25)37)16-11-35-7-6-29-23(35)15(31-16)8-12-4-2-3-5-14(12)27/h2-7,9-11,36H,8H2,1H3,(H3,28,32,33,34,37). The molecule has 1 aliphatic heterocycles. The number of carbonyl (C=O) groups excluding carboxylic acids is 1. The van der Waals surface area contributed by atoms with Crippen LogP contribution in [0.4, 0.5) is 16.0 Å². The van der Waals surface area contributed by atoms with Gasteiger partial charge >= 0.3 is 0 Å². The lowest BCUT2D eigenvalue weighted by Gasteiger charge is -2.22. The maximum Gasteiger partial charge on any atom is 0.242 e. The van der Waals surface area contributed by atoms with Gasteiger partial charge in [-0.3, -0.25) is 9.78 Å². The first-order valence-electron chi connectivity index (χ1n) is 11.2. The second-order valence-electron chi connectivity index (χ2n) is 8.76. The summed E-state index contributed by atoms with van der Waals surface area (Å²) in [4.78, 5) is 35.4. The number of anilines is 2. The topological polar surface area (TPSA) is 144 Å². The van der Waals surface area contributed by atoms with Crippen LogP contribution in [0.2, 0.25) is 5.02 Å². The molecule has 12 heteroatoms. The number of nitrogens with one attached hydrogen (secondary N) is 1. The normalized spacial score (nSPS) is 16.7. The molecule has 5 aromatic rings. The van der Waals surface area contributed by atoms with Crippen molar-refractivity contribution in [2.45, 2.75) is 18.8 Å². The zero-order chi connectivity index (χ0) is 25.9. The van der Waals surface area contributed by atoms with E-state index >= 15 is 0 Å². The number of nitrogens with zero attached hydrogens (tertiary/aromatic N) is 6. The molecule has 4 N–H and O–H groups in total. The molecular weight excluding hydrogens is 499 g/mol. The van der Waals surface area contributed by atoms with E-state index in [1.54, 1.807) is 48.1 Å². The third-order valence-corrected chi connectivity index (χ3v) is 6.76. The molecular formula is C25H18ClFN8O2. The van der Waals surface area contributed by atoms with Crippen LogP contribution in [0, 0.1) is 5.82 Å². The van der Waals surface area contributed by atoms with E-state index < -0.39 is 11.3 Å². The molecule has 1 unspecified atom stereocenters. The highest BCUT2D eigenvalue weighted by atomic mass is 35.5. The lowest BCUT2D eigenvalue weighted by atomic mass is 9.81. The summed E-state index contributed by atoms with van der Waals surface area (Å²) in [6, 6.07) is 7.86. The van der Waals surface area contributed by atoms with E-state index in [0.717, 1.165) is 0 Å². The van der Waals surface area contributed by atoms with Crippen molar-refractivity contribution in [3.63, 3.8) is 0 Å². The van der Waals surface area contributed by atoms with Gasteiger partial charge in [0.1, 0.15) is 28.6 Å². The molecule has 1 atom stereocenters. The largest absolute Gasteiger partial charge is 0.505 e. The molecule has 10 nitrogen and oxygen atoms in total. The molecule has 5 heterocycles. The van der Waals surface area contributed by atoms with Crippen molar-refractivity contribution >= 4 is 34.8 Å². The molecule has 37 heavy (non-hydrogen) atoms. The van der Waals surface area contributed by atoms with Crippen LogP contribution in [-0.2, 0) is 16.6 Å². The van der Waals surface area contributed by atoms with Crippen LogP contribution in [0.5, 0.6) is 5.75 Å². The van der Waals surface area contributed by atoms with E-state index in [2.05, 4.69) is 30.2 Å². The summed E-state index contributed by atoms with van der Waals surface area (Å²) in [6.45, 7) is 1.63. The van der Waals surface area contributed by atoms with Gasteiger partial charge < -0.3 is 20.6 Å². The number of halogens is 2. The quantitative estimate of drug-likeness (QED) is 0.329. The van der Waals surface area contributed by atoms with Crippen molar-refractivity contribution in [2.75, 3.05) is 11.1 Å². The predicted molar refractivity (Wildman–Crippen MR) is 134 cm³/mol. The Morgan fingerprint density at radius 2 is 2.03 bits per heavy atom. The number of nitrogens with two attached hydrogens (primary N) is 1. The average molecular weight is 517 g/mol. The molecule has 4 aromatic heterocycles. The Morgan fingerprint density at radius 1 is 1.22 bits per heavy atom. The number of aromatic hydroxyl groups is 1. The SMILES string of the molecule is CC1(c2cc(Cl)c(O)cn2)C(=O)Nc2nc(-c3cn4ccnc4c(Cc4ccccc4F)n3)nc(N)c21. The van der Waals surface area contributed by atoms with Gasteiger partial charge in [-0.15, -0.1) is 0 Å². The molecule has 1 aliphatic rings. The summed E-state index contributed by atoms with van der Waals surface area (Å²) in [5.74, 6) is -0.544. The van der Waals surface area contributed by atoms with Crippen molar-refractivity contribution < 1.29 is 14.3 Å². The Hall–Kier alpha value is -4.64. The number of benzene rings is 1. The zero-order valence-electron chi connectivity index (χ0n) is 19.3. The number of pyridine rings is 1. The molecule has 0 spiro atoms. The summed E-state index contributed by atoms with van der Waals surface area (Å²) in [5.41, 5.74) is 7.57. The fourth-order valence-electron chi connectivity index (χ4n) is 4.51. The first-order valence-corrected chi connectivity index (χ1v) is 11.5. The lowest BCUT2D eigenvalue weighted by Crippen LogP contribution is -2.34. The molecule has 0 aliphatic carbocycles. The Morgan fingerprint density at radius 3 is 2.81 bits per heavy atom. The monoisotopic (exact) mass is 516 g/mol. The van der Waals surface area contributed by atoms with Crippen molar-refractivity contribution in [3.8, 4) is 17.3 Å². The lowest BCUT2D eigenvalue weighted by molar-refractivity contribution is -0.119. The van der Waals surface area contributed by atoms with Crippen LogP contribution >= 0.6 is 11.6 Å². The molecule has 6 rings (SSSR count). The molecule has 1 aromatic carbocycles. The first-order chi connectivity index (χ1) is 17.8. The van der Waals surface area contributed by atoms with Gasteiger partial charge in [0, 0.05) is 25.0 Å². The number of hydrogen-bond acceptors (Lipinski definition) is 8. The minimum Gasteiger partial charge on any atom is -0.505 e. The predicted octanol–water partition coefficient (Wildman–Crippen LogP) is 3.51. The number of nitrogen functional groups attached to an aromatic ring is 1. The minimum absolute atomic E-state index is 0.0452. The number of carbonyl (C=O) groups is 1. The smallest absolute Gasteiger partial charge is 0.242 e. The number of aromatic nitrogens is 6. The Bertz CT molecular complexity index is 1740. The fraction of sp³-hybridized carbons (Fsp3) is 0.120. The van der Waals surface area contributed by atoms with Crippen LogP contribution in [0.1, 0.15) is 29.4 Å². The molecule has 0 saturated carbocycles. The van der Waals surface area contributed by atoms with Gasteiger partial charge in [0.25, 0.3) is 0 Å². The minimum atomic E-state index is -1.34. The summed E-state index contributed by atoms with van der Waals surface area (Å²) >= 11 is 6.07. The zero-order valence-corrected chi connectivity index (χ0v) is 20.0. The summed E-state index contributed by atoms with van der Waals surface area (Å²) in [7, 11) is 0. The third kappa shape index (κ3) is 3.54. The van der Waals surface area contributed by atoms with E-state index in [-0.39, 0.29) is 46.2 Å². The molecule has 0 radical (unpaired) electrons. The number of imidazole rings is 1. The second-order valence-corrected chi connectivity index (χ2v) is 9.16. The van der Waals surface area contributed by atoms with Crippen molar-refractivity contribution in [2.24, 2.45) is 0 Å². The highest BCUT2D eigenvalue weighted by Crippen LogP contribution is 2.45. The van der Waals surface area contributed by atoms with Gasteiger partial charge in [0.2, 0.25) is 5.91 Å². The number of rotatable bonds is 4. The number of amides is 1. The van der Waals surface area contributed by atoms with Crippen LogP contribution in [-0.4, -0.2) is 40.3 Å². The highest BCUT2D eigenvalue weighted by Gasteiger charge is 2.49. The van der Waals surface area contributed by atoms with Crippen LogP contribution in [0.25, 0.3) is 17.2 Å². The maximum atomic E-state index is 14.4. The summed E-state index contributed by atoms with van der Waals surface area (Å²) in [6.07, 6.45) is 6.41. The molecule has 0 fully saturated rings. The van der Waals surface area contributed by atoms with Gasteiger partial charge in [-0.1, -0.05) is 29.8 Å². The molecule has 0 bridgehead atoms. The third-order valence-electron chi connectivity index (χ3n) is 6.46. The van der Waals surface area contributed by atoms with Gasteiger partial charge in [-0.05, 0) is 24.6 Å². The van der Waals surface area contributed by atoms with E-state index in [1.165, 1.54) is 18.3 Å². The van der Waals surface area contributed by atoms with Crippen molar-refractivity contribution in [3.05, 3.63) is 88.5 Å². The Kier molecular flexibility index (Phi) is 5.06. The van der Waals surface area contributed by atoms with Gasteiger partial charge in [0.05, 0.1) is 28.2 Å². The van der Waals surface area contributed by atoms with Crippen LogP contribution in [0.3, 0.4) is 0 Å². The molecule has 0 saturated heterocycles. The first kappa shape index (κ1) is 22.8. The van der Waals surface area contributed by atoms with Gasteiger partial charge in [-0.25, -0.2) is 24.3 Å². The van der Waals surface area contributed by atoms with Crippen molar-refractivity contribution in [1.29, 1.82) is 0 Å². The molecule has 184 valence electrons. The second kappa shape index (κ2) is 8.20. The Labute approximate surface area is 214 Å².